The van der Waals surface area contributed by atoms with Crippen molar-refractivity contribution in [1.29, 1.82) is 0 Å². The minimum Gasteiger partial charge on any atom is -0.480 e. The van der Waals surface area contributed by atoms with Gasteiger partial charge in [-0.25, -0.2) is 9.59 Å². The summed E-state index contributed by atoms with van der Waals surface area (Å²) in [5.41, 5.74) is 4.55. The average molecular weight is 418 g/mol. The highest BCUT2D eigenvalue weighted by molar-refractivity contribution is 5.96. The molecule has 4 rings (SSSR count). The number of benzene rings is 2. The summed E-state index contributed by atoms with van der Waals surface area (Å²) in [6, 6.07) is 15.3. The van der Waals surface area contributed by atoms with Gasteiger partial charge in [-0.3, -0.25) is 4.79 Å². The van der Waals surface area contributed by atoms with E-state index in [2.05, 4.69) is 29.3 Å². The Morgan fingerprint density at radius 1 is 1.06 bits per heavy atom. The minimum absolute atomic E-state index is 0.0334. The Labute approximate surface area is 180 Å². The summed E-state index contributed by atoms with van der Waals surface area (Å²) in [5, 5.41) is 11.6. The van der Waals surface area contributed by atoms with Crippen LogP contribution in [0.15, 0.2) is 48.5 Å². The molecule has 158 valence electrons. The zero-order valence-electron chi connectivity index (χ0n) is 16.8. The molecule has 31 heavy (non-hydrogen) atoms. The fourth-order valence-corrected chi connectivity index (χ4v) is 4.22. The van der Waals surface area contributed by atoms with Gasteiger partial charge < -0.3 is 20.1 Å². The van der Waals surface area contributed by atoms with Crippen molar-refractivity contribution in [3.05, 3.63) is 59.7 Å². The molecule has 1 atom stereocenters. The molecule has 2 N–H and O–H groups in total. The van der Waals surface area contributed by atoms with Crippen LogP contribution in [0.5, 0.6) is 0 Å². The van der Waals surface area contributed by atoms with Gasteiger partial charge in [0.25, 0.3) is 5.91 Å². The molecule has 1 aliphatic carbocycles. The molecular weight excluding hydrogens is 396 g/mol. The highest BCUT2D eigenvalue weighted by Gasteiger charge is 2.33. The standard InChI is InChI=1S/C24H22N2O5/c27-22(26-14-6-11-21(26)23(28)29)12-5-13-25-24(30)31-15-20-18-9-3-1-7-16(18)17-8-2-4-10-19(17)20/h1-4,7-10,20-21H,6,11,13-15H2,(H,25,30)(H,28,29)/t21-/m0/s1. The Kier molecular flexibility index (Phi) is 5.89. The van der Waals surface area contributed by atoms with Gasteiger partial charge in [0, 0.05) is 12.5 Å². The zero-order valence-corrected chi connectivity index (χ0v) is 16.8. The minimum atomic E-state index is -1.02. The number of hydrogen-bond donors (Lipinski definition) is 2. The number of carbonyl (C=O) groups excluding carboxylic acids is 2. The van der Waals surface area contributed by atoms with E-state index in [-0.39, 0.29) is 19.1 Å². The van der Waals surface area contributed by atoms with Crippen LogP contribution in [-0.2, 0) is 14.3 Å². The van der Waals surface area contributed by atoms with E-state index in [9.17, 15) is 14.4 Å². The lowest BCUT2D eigenvalue weighted by Crippen LogP contribution is -2.39. The number of aliphatic carboxylic acids is 1. The summed E-state index contributed by atoms with van der Waals surface area (Å²) in [6.45, 7) is 0.512. The second-order valence-corrected chi connectivity index (χ2v) is 7.48. The molecule has 0 spiro atoms. The summed E-state index contributed by atoms with van der Waals surface area (Å²) in [7, 11) is 0. The van der Waals surface area contributed by atoms with Crippen LogP contribution in [-0.4, -0.2) is 53.7 Å². The maximum absolute atomic E-state index is 12.1. The maximum Gasteiger partial charge on any atom is 0.407 e. The van der Waals surface area contributed by atoms with E-state index in [1.165, 1.54) is 4.90 Å². The van der Waals surface area contributed by atoms with Crippen LogP contribution in [0.2, 0.25) is 0 Å². The third-order valence-corrected chi connectivity index (χ3v) is 5.66. The van der Waals surface area contributed by atoms with E-state index in [0.29, 0.717) is 19.4 Å². The largest absolute Gasteiger partial charge is 0.480 e. The molecule has 2 aromatic carbocycles. The molecule has 1 heterocycles. The van der Waals surface area contributed by atoms with Crippen molar-refractivity contribution in [3.63, 3.8) is 0 Å². The molecule has 7 nitrogen and oxygen atoms in total. The van der Waals surface area contributed by atoms with Gasteiger partial charge in [0.1, 0.15) is 12.6 Å². The Balaban J connectivity index is 1.30. The van der Waals surface area contributed by atoms with E-state index < -0.39 is 24.0 Å². The summed E-state index contributed by atoms with van der Waals surface area (Å²) in [4.78, 5) is 36.6. The van der Waals surface area contributed by atoms with Gasteiger partial charge in [-0.1, -0.05) is 54.5 Å². The topological polar surface area (TPSA) is 95.9 Å². The Morgan fingerprint density at radius 2 is 1.71 bits per heavy atom. The maximum atomic E-state index is 12.1. The number of rotatable bonds is 4. The quantitative estimate of drug-likeness (QED) is 0.744. The third-order valence-electron chi connectivity index (χ3n) is 5.66. The molecule has 0 radical (unpaired) electrons. The van der Waals surface area contributed by atoms with Gasteiger partial charge >= 0.3 is 12.1 Å². The van der Waals surface area contributed by atoms with Crippen LogP contribution < -0.4 is 5.32 Å². The lowest BCUT2D eigenvalue weighted by molar-refractivity contribution is -0.146. The SMILES string of the molecule is O=C(NCC#CC(=O)N1CCC[C@H]1C(=O)O)OCC1c2ccccc2-c2ccccc21. The second-order valence-electron chi connectivity index (χ2n) is 7.48. The van der Waals surface area contributed by atoms with Gasteiger partial charge in [-0.05, 0) is 41.0 Å². The van der Waals surface area contributed by atoms with Crippen LogP contribution in [0, 0.1) is 11.8 Å². The summed E-state index contributed by atoms with van der Waals surface area (Å²) < 4.78 is 5.40. The zero-order chi connectivity index (χ0) is 21.8. The highest BCUT2D eigenvalue weighted by atomic mass is 16.5. The molecule has 7 heteroatoms. The van der Waals surface area contributed by atoms with Crippen molar-refractivity contribution in [2.24, 2.45) is 0 Å². The van der Waals surface area contributed by atoms with E-state index in [1.807, 2.05) is 36.4 Å². The number of fused-ring (bicyclic) bond motifs is 3. The number of nitrogens with zero attached hydrogens (tertiary/aromatic N) is 1. The number of hydrogen-bond acceptors (Lipinski definition) is 4. The molecular formula is C24H22N2O5. The van der Waals surface area contributed by atoms with Crippen molar-refractivity contribution in [2.75, 3.05) is 19.7 Å². The predicted octanol–water partition coefficient (Wildman–Crippen LogP) is 2.60. The molecule has 2 aromatic rings. The number of nitrogens with one attached hydrogen (secondary N) is 1. The first-order valence-corrected chi connectivity index (χ1v) is 10.2. The summed E-state index contributed by atoms with van der Waals surface area (Å²) >= 11 is 0. The van der Waals surface area contributed by atoms with E-state index in [0.717, 1.165) is 22.3 Å². The van der Waals surface area contributed by atoms with Gasteiger partial charge in [0.15, 0.2) is 0 Å². The van der Waals surface area contributed by atoms with Crippen molar-refractivity contribution in [1.82, 2.24) is 10.2 Å². The first-order valence-electron chi connectivity index (χ1n) is 10.2. The number of carboxylic acids is 1. The second kappa shape index (κ2) is 8.92. The Bertz CT molecular complexity index is 1040. The van der Waals surface area contributed by atoms with Crippen LogP contribution in [0.25, 0.3) is 11.1 Å². The molecule has 0 saturated carbocycles. The molecule has 1 fully saturated rings. The number of alkyl carbamates (subject to hydrolysis) is 1. The van der Waals surface area contributed by atoms with Gasteiger partial charge in [-0.2, -0.15) is 0 Å². The number of likely N-dealkylation sites (tertiary alicyclic amines) is 1. The first-order chi connectivity index (χ1) is 15.1. The molecule has 0 unspecified atom stereocenters. The molecule has 2 aliphatic rings. The van der Waals surface area contributed by atoms with Crippen molar-refractivity contribution in [2.45, 2.75) is 24.8 Å². The van der Waals surface area contributed by atoms with Crippen LogP contribution in [0.1, 0.15) is 29.9 Å². The predicted molar refractivity (Wildman–Crippen MR) is 113 cm³/mol. The van der Waals surface area contributed by atoms with Crippen molar-refractivity contribution >= 4 is 18.0 Å². The molecule has 0 bridgehead atoms. The number of ether oxygens (including phenoxy) is 1. The molecule has 0 aromatic heterocycles. The Hall–Kier alpha value is -3.79. The third kappa shape index (κ3) is 4.24. The lowest BCUT2D eigenvalue weighted by Gasteiger charge is -2.18. The smallest absolute Gasteiger partial charge is 0.407 e. The van der Waals surface area contributed by atoms with Crippen LogP contribution >= 0.6 is 0 Å². The van der Waals surface area contributed by atoms with Gasteiger partial charge in [0.2, 0.25) is 0 Å². The monoisotopic (exact) mass is 418 g/mol. The van der Waals surface area contributed by atoms with E-state index >= 15 is 0 Å². The van der Waals surface area contributed by atoms with E-state index in [4.69, 9.17) is 9.84 Å². The normalized spacial score (nSPS) is 16.6. The van der Waals surface area contributed by atoms with Gasteiger partial charge in [-0.15, -0.1) is 0 Å². The summed E-state index contributed by atoms with van der Waals surface area (Å²) in [5.74, 6) is 3.36. The van der Waals surface area contributed by atoms with Crippen molar-refractivity contribution in [3.8, 4) is 23.0 Å². The molecule has 1 saturated heterocycles. The number of carbonyl (C=O) groups is 3. The summed E-state index contributed by atoms with van der Waals surface area (Å²) in [6.07, 6.45) is 0.455. The molecule has 2 amide bonds. The van der Waals surface area contributed by atoms with Crippen LogP contribution in [0.4, 0.5) is 4.79 Å². The number of carboxylic acid groups (broad SMARTS) is 1. The van der Waals surface area contributed by atoms with E-state index in [1.54, 1.807) is 0 Å². The highest BCUT2D eigenvalue weighted by Crippen LogP contribution is 2.44. The fraction of sp³-hybridized carbons (Fsp3) is 0.292. The Morgan fingerprint density at radius 3 is 2.35 bits per heavy atom. The fourth-order valence-electron chi connectivity index (χ4n) is 4.22. The lowest BCUT2D eigenvalue weighted by atomic mass is 9.98. The molecule has 1 aliphatic heterocycles. The van der Waals surface area contributed by atoms with Crippen molar-refractivity contribution < 1.29 is 24.2 Å². The van der Waals surface area contributed by atoms with Crippen LogP contribution in [0.3, 0.4) is 0 Å². The average Bonchev–Trinajstić information content (AvgIpc) is 3.39. The van der Waals surface area contributed by atoms with Gasteiger partial charge in [0.05, 0.1) is 6.54 Å². The first kappa shape index (κ1) is 20.5. The number of amides is 2.